The third kappa shape index (κ3) is 4.78. The number of hydrogen-bond donors (Lipinski definition) is 0. The van der Waals surface area contributed by atoms with Gasteiger partial charge in [0.2, 0.25) is 0 Å². The molecule has 0 aromatic heterocycles. The molecule has 2 aliphatic carbocycles. The molecule has 0 spiro atoms. The third-order valence-electron chi connectivity index (χ3n) is 2.03. The largest absolute Gasteiger partial charge is 3.00 e. The molecule has 73 valence electrons. The first-order valence-electron chi connectivity index (χ1n) is 4.06. The first kappa shape index (κ1) is 16.8. The van der Waals surface area contributed by atoms with Crippen LogP contribution in [0.3, 0.4) is 0 Å². The minimum Gasteiger partial charge on any atom is -1.00 e. The zero-order valence-electron chi connectivity index (χ0n) is 7.76. The van der Waals surface area contributed by atoms with E-state index in [0.29, 0.717) is 0 Å². The van der Waals surface area contributed by atoms with Gasteiger partial charge in [0.05, 0.1) is 0 Å². The summed E-state index contributed by atoms with van der Waals surface area (Å²) < 4.78 is 0. The molecular formula is C11H11Cl2Zr. The molecule has 1 radical (unpaired) electrons. The fourth-order valence-corrected chi connectivity index (χ4v) is 1.44. The number of allylic oxidation sites excluding steroid dienone is 8. The molecule has 0 aromatic rings. The maximum atomic E-state index is 3.32. The van der Waals surface area contributed by atoms with E-state index in [-0.39, 0.29) is 51.0 Å². The summed E-state index contributed by atoms with van der Waals surface area (Å²) in [6, 6.07) is 0. The van der Waals surface area contributed by atoms with Crippen molar-refractivity contribution in [2.24, 2.45) is 0 Å². The fraction of sp³-hybridized carbons (Fsp3) is 0.273. The van der Waals surface area contributed by atoms with Gasteiger partial charge in [0.15, 0.2) is 0 Å². The molecule has 0 bridgehead atoms. The molecule has 0 aliphatic heterocycles. The van der Waals surface area contributed by atoms with Crippen LogP contribution in [0.4, 0.5) is 0 Å². The number of halogens is 2. The van der Waals surface area contributed by atoms with Crippen molar-refractivity contribution in [1.82, 2.24) is 0 Å². The third-order valence-corrected chi connectivity index (χ3v) is 2.03. The van der Waals surface area contributed by atoms with E-state index in [1.807, 2.05) is 0 Å². The zero-order chi connectivity index (χ0) is 7.52. The van der Waals surface area contributed by atoms with E-state index in [1.54, 1.807) is 0 Å². The molecule has 2 aliphatic rings. The van der Waals surface area contributed by atoms with Gasteiger partial charge in [0.1, 0.15) is 0 Å². The average Bonchev–Trinajstić information content (AvgIpc) is 2.60. The molecular weight excluding hydrogens is 294 g/mol. The van der Waals surface area contributed by atoms with Crippen molar-refractivity contribution < 1.29 is 51.0 Å². The van der Waals surface area contributed by atoms with E-state index in [1.165, 1.54) is 11.1 Å². The van der Waals surface area contributed by atoms with Gasteiger partial charge in [-0.05, 0) is 12.8 Å². The van der Waals surface area contributed by atoms with Gasteiger partial charge < -0.3 is 24.8 Å². The van der Waals surface area contributed by atoms with Crippen LogP contribution in [0.1, 0.15) is 19.3 Å². The molecule has 0 N–H and O–H groups in total. The first-order valence-corrected chi connectivity index (χ1v) is 4.06. The van der Waals surface area contributed by atoms with E-state index in [9.17, 15) is 0 Å². The molecule has 0 aromatic carbocycles. The molecule has 14 heavy (non-hydrogen) atoms. The van der Waals surface area contributed by atoms with E-state index in [2.05, 4.69) is 36.5 Å². The van der Waals surface area contributed by atoms with Crippen molar-refractivity contribution in [3.63, 3.8) is 0 Å². The predicted molar refractivity (Wildman–Crippen MR) is 47.0 cm³/mol. The first-order chi connectivity index (χ1) is 5.45. The second-order valence-electron chi connectivity index (χ2n) is 2.94. The maximum Gasteiger partial charge on any atom is 3.00 e. The summed E-state index contributed by atoms with van der Waals surface area (Å²) in [4.78, 5) is 0. The van der Waals surface area contributed by atoms with Gasteiger partial charge in [0, 0.05) is 0 Å². The van der Waals surface area contributed by atoms with Crippen LogP contribution < -0.4 is 24.8 Å². The van der Waals surface area contributed by atoms with Gasteiger partial charge in [-0.2, -0.15) is 6.08 Å². The minimum atomic E-state index is 0. The summed E-state index contributed by atoms with van der Waals surface area (Å²) in [5.74, 6) is 0. The minimum absolute atomic E-state index is 0. The molecule has 3 heteroatoms. The Bertz CT molecular complexity index is 275. The fourth-order valence-electron chi connectivity index (χ4n) is 1.44. The van der Waals surface area contributed by atoms with Crippen LogP contribution in [0.25, 0.3) is 0 Å². The van der Waals surface area contributed by atoms with Gasteiger partial charge in [0.25, 0.3) is 0 Å². The Balaban J connectivity index is 0. The Kier molecular flexibility index (Phi) is 10.5. The van der Waals surface area contributed by atoms with Crippen LogP contribution in [-0.4, -0.2) is 0 Å². The van der Waals surface area contributed by atoms with Crippen LogP contribution in [-0.2, 0) is 26.2 Å². The molecule has 0 atom stereocenters. The van der Waals surface area contributed by atoms with Gasteiger partial charge in [-0.15, -0.1) is 6.42 Å². The van der Waals surface area contributed by atoms with Crippen molar-refractivity contribution in [3.05, 3.63) is 47.6 Å². The molecule has 0 nitrogen and oxygen atoms in total. The van der Waals surface area contributed by atoms with E-state index >= 15 is 0 Å². The normalized spacial score (nSPS) is 16.3. The number of rotatable bonds is 2. The monoisotopic (exact) mass is 303 g/mol. The Morgan fingerprint density at radius 2 is 2.00 bits per heavy atom. The Hall–Kier alpha value is 0.423. The second kappa shape index (κ2) is 8.71. The van der Waals surface area contributed by atoms with E-state index in [4.69, 9.17) is 0 Å². The summed E-state index contributed by atoms with van der Waals surface area (Å²) in [5.41, 5.74) is 2.87. The van der Waals surface area contributed by atoms with Gasteiger partial charge >= 0.3 is 26.2 Å². The van der Waals surface area contributed by atoms with Crippen molar-refractivity contribution in [2.75, 3.05) is 0 Å². The molecule has 0 saturated heterocycles. The Labute approximate surface area is 117 Å². The van der Waals surface area contributed by atoms with Crippen LogP contribution in [0.15, 0.2) is 41.5 Å². The SMILES string of the molecule is [C-]1=C(CC2=CC=CC2)C=CC1.[Cl-].[Cl-].[Zr+3]. The van der Waals surface area contributed by atoms with Crippen molar-refractivity contribution >= 4 is 0 Å². The molecule has 0 heterocycles. The number of hydrogen-bond acceptors (Lipinski definition) is 0. The van der Waals surface area contributed by atoms with Gasteiger partial charge in [-0.1, -0.05) is 23.8 Å². The summed E-state index contributed by atoms with van der Waals surface area (Å²) in [7, 11) is 0. The second-order valence-corrected chi connectivity index (χ2v) is 2.94. The van der Waals surface area contributed by atoms with Gasteiger partial charge in [-0.3, -0.25) is 6.08 Å². The average molecular weight is 305 g/mol. The quantitative estimate of drug-likeness (QED) is 0.476. The molecule has 0 unspecified atom stereocenters. The van der Waals surface area contributed by atoms with Crippen LogP contribution >= 0.6 is 0 Å². The molecule has 2 rings (SSSR count). The van der Waals surface area contributed by atoms with Crippen molar-refractivity contribution in [2.45, 2.75) is 19.3 Å². The molecule has 0 amide bonds. The topological polar surface area (TPSA) is 0 Å². The Morgan fingerprint density at radius 3 is 2.50 bits per heavy atom. The molecule has 0 fully saturated rings. The Morgan fingerprint density at radius 1 is 1.21 bits per heavy atom. The van der Waals surface area contributed by atoms with Crippen LogP contribution in [0, 0.1) is 6.08 Å². The van der Waals surface area contributed by atoms with Crippen LogP contribution in [0.2, 0.25) is 0 Å². The summed E-state index contributed by atoms with van der Waals surface area (Å²) in [5, 5.41) is 0. The van der Waals surface area contributed by atoms with Crippen molar-refractivity contribution in [3.8, 4) is 0 Å². The summed E-state index contributed by atoms with van der Waals surface area (Å²) in [6.07, 6.45) is 17.5. The standard InChI is InChI=1S/C11H11.2ClH.Zr/c1-2-6-10(5-1)9-11-7-3-4-8-11;;;/h1-3,5,7H,4,6,9H2;2*1H;/q-1;;;+3/p-2. The van der Waals surface area contributed by atoms with Crippen LogP contribution in [0.5, 0.6) is 0 Å². The zero-order valence-corrected chi connectivity index (χ0v) is 11.7. The summed E-state index contributed by atoms with van der Waals surface area (Å²) in [6.45, 7) is 0. The van der Waals surface area contributed by atoms with Crippen molar-refractivity contribution in [1.29, 1.82) is 0 Å². The maximum absolute atomic E-state index is 3.32. The van der Waals surface area contributed by atoms with Gasteiger partial charge in [-0.25, -0.2) is 11.6 Å². The molecule has 0 saturated carbocycles. The van der Waals surface area contributed by atoms with E-state index in [0.717, 1.165) is 19.3 Å². The summed E-state index contributed by atoms with van der Waals surface area (Å²) >= 11 is 0. The van der Waals surface area contributed by atoms with E-state index < -0.39 is 0 Å². The predicted octanol–water partition coefficient (Wildman–Crippen LogP) is -3.04. The smallest absolute Gasteiger partial charge is 1.00 e.